The molecule has 0 fully saturated rings. The number of hydrogen-bond donors (Lipinski definition) is 1. The Labute approximate surface area is 93.5 Å². The lowest BCUT2D eigenvalue weighted by atomic mass is 10.2. The van der Waals surface area contributed by atoms with Crippen LogP contribution in [0.4, 0.5) is 0 Å². The SMILES string of the molecule is CNCC(=O)c1cnn2c(C)cc(C)nc12. The van der Waals surface area contributed by atoms with Crippen LogP contribution in [0.5, 0.6) is 0 Å². The predicted octanol–water partition coefficient (Wildman–Crippen LogP) is 0.748. The van der Waals surface area contributed by atoms with Gasteiger partial charge >= 0.3 is 0 Å². The number of carbonyl (C=O) groups is 1. The molecule has 5 heteroatoms. The fourth-order valence-corrected chi connectivity index (χ4v) is 1.72. The molecule has 5 nitrogen and oxygen atoms in total. The van der Waals surface area contributed by atoms with Crippen LogP contribution in [0.25, 0.3) is 5.65 Å². The van der Waals surface area contributed by atoms with Crippen molar-refractivity contribution in [2.24, 2.45) is 0 Å². The van der Waals surface area contributed by atoms with Gasteiger partial charge in [0, 0.05) is 11.4 Å². The van der Waals surface area contributed by atoms with E-state index in [-0.39, 0.29) is 5.78 Å². The van der Waals surface area contributed by atoms with Crippen molar-refractivity contribution in [3.8, 4) is 0 Å². The molecule has 0 unspecified atom stereocenters. The van der Waals surface area contributed by atoms with E-state index >= 15 is 0 Å². The van der Waals surface area contributed by atoms with Crippen molar-refractivity contribution in [2.45, 2.75) is 13.8 Å². The van der Waals surface area contributed by atoms with E-state index < -0.39 is 0 Å². The zero-order valence-electron chi connectivity index (χ0n) is 9.61. The quantitative estimate of drug-likeness (QED) is 0.772. The second-order valence-corrected chi connectivity index (χ2v) is 3.79. The number of aromatic nitrogens is 3. The van der Waals surface area contributed by atoms with Crippen molar-refractivity contribution in [1.29, 1.82) is 0 Å². The lowest BCUT2D eigenvalue weighted by Crippen LogP contribution is -2.18. The molecule has 16 heavy (non-hydrogen) atoms. The van der Waals surface area contributed by atoms with Gasteiger partial charge in [-0.1, -0.05) is 0 Å². The predicted molar refractivity (Wildman–Crippen MR) is 60.7 cm³/mol. The highest BCUT2D eigenvalue weighted by Crippen LogP contribution is 2.12. The van der Waals surface area contributed by atoms with Gasteiger partial charge in [0.05, 0.1) is 18.3 Å². The highest BCUT2D eigenvalue weighted by Gasteiger charge is 2.14. The first-order valence-electron chi connectivity index (χ1n) is 5.13. The summed E-state index contributed by atoms with van der Waals surface area (Å²) >= 11 is 0. The van der Waals surface area contributed by atoms with E-state index in [0.29, 0.717) is 17.8 Å². The van der Waals surface area contributed by atoms with E-state index in [1.54, 1.807) is 17.8 Å². The lowest BCUT2D eigenvalue weighted by Gasteiger charge is -2.01. The number of fused-ring (bicyclic) bond motifs is 1. The summed E-state index contributed by atoms with van der Waals surface area (Å²) in [5, 5.41) is 7.00. The fraction of sp³-hybridized carbons (Fsp3) is 0.364. The van der Waals surface area contributed by atoms with E-state index in [1.165, 1.54) is 0 Å². The zero-order chi connectivity index (χ0) is 11.7. The highest BCUT2D eigenvalue weighted by molar-refractivity contribution is 6.02. The summed E-state index contributed by atoms with van der Waals surface area (Å²) in [6.07, 6.45) is 1.58. The van der Waals surface area contributed by atoms with Crippen LogP contribution >= 0.6 is 0 Å². The summed E-state index contributed by atoms with van der Waals surface area (Å²) in [5.74, 6) is 0.00926. The number of Topliss-reactive ketones (excluding diaryl/α,β-unsaturated/α-hetero) is 1. The van der Waals surface area contributed by atoms with Gasteiger partial charge in [-0.05, 0) is 27.0 Å². The number of aryl methyl sites for hydroxylation is 2. The van der Waals surface area contributed by atoms with Crippen LogP contribution in [0.1, 0.15) is 21.7 Å². The maximum Gasteiger partial charge on any atom is 0.182 e. The fourth-order valence-electron chi connectivity index (χ4n) is 1.72. The molecule has 0 radical (unpaired) electrons. The summed E-state index contributed by atoms with van der Waals surface area (Å²) in [7, 11) is 1.74. The van der Waals surface area contributed by atoms with Gasteiger partial charge < -0.3 is 5.32 Å². The topological polar surface area (TPSA) is 59.3 Å². The number of rotatable bonds is 3. The molecule has 0 saturated heterocycles. The molecule has 0 aliphatic carbocycles. The average Bonchev–Trinajstić information content (AvgIpc) is 2.61. The van der Waals surface area contributed by atoms with Crippen LogP contribution in [0.2, 0.25) is 0 Å². The molecule has 0 spiro atoms. The number of likely N-dealkylation sites (N-methyl/N-ethyl adjacent to an activating group) is 1. The van der Waals surface area contributed by atoms with Crippen molar-refractivity contribution < 1.29 is 4.79 Å². The number of nitrogens with one attached hydrogen (secondary N) is 1. The van der Waals surface area contributed by atoms with Crippen LogP contribution < -0.4 is 5.32 Å². The molecule has 1 N–H and O–H groups in total. The second kappa shape index (κ2) is 4.02. The van der Waals surface area contributed by atoms with E-state index in [9.17, 15) is 4.79 Å². The standard InChI is InChI=1S/C11H14N4O/c1-7-4-8(2)15-11(14-7)9(5-13-15)10(16)6-12-3/h4-5,12H,6H2,1-3H3. The summed E-state index contributed by atoms with van der Waals surface area (Å²) in [6, 6.07) is 1.94. The Morgan fingerprint density at radius 3 is 2.94 bits per heavy atom. The molecular formula is C11H14N4O. The minimum absolute atomic E-state index is 0.00926. The van der Waals surface area contributed by atoms with Crippen molar-refractivity contribution in [1.82, 2.24) is 19.9 Å². The Morgan fingerprint density at radius 2 is 2.25 bits per heavy atom. The first kappa shape index (κ1) is 10.8. The third-order valence-electron chi connectivity index (χ3n) is 2.42. The maximum atomic E-state index is 11.8. The van der Waals surface area contributed by atoms with E-state index in [1.807, 2.05) is 19.9 Å². The summed E-state index contributed by atoms with van der Waals surface area (Å²) in [6.45, 7) is 4.16. The molecule has 2 rings (SSSR count). The highest BCUT2D eigenvalue weighted by atomic mass is 16.1. The van der Waals surface area contributed by atoms with Crippen molar-refractivity contribution in [3.63, 3.8) is 0 Å². The number of ketones is 1. The first-order valence-corrected chi connectivity index (χ1v) is 5.13. The molecule has 0 saturated carbocycles. The van der Waals surface area contributed by atoms with Gasteiger partial charge in [0.1, 0.15) is 0 Å². The zero-order valence-corrected chi connectivity index (χ0v) is 9.61. The Hall–Kier alpha value is -1.75. The van der Waals surface area contributed by atoms with Gasteiger partial charge in [0.25, 0.3) is 0 Å². The summed E-state index contributed by atoms with van der Waals surface area (Å²) in [5.41, 5.74) is 3.08. The van der Waals surface area contributed by atoms with Crippen LogP contribution in [0.15, 0.2) is 12.3 Å². The second-order valence-electron chi connectivity index (χ2n) is 3.79. The van der Waals surface area contributed by atoms with E-state index in [0.717, 1.165) is 11.4 Å². The maximum absolute atomic E-state index is 11.8. The Balaban J connectivity index is 2.60. The summed E-state index contributed by atoms with van der Waals surface area (Å²) in [4.78, 5) is 16.1. The van der Waals surface area contributed by atoms with Crippen LogP contribution in [-0.4, -0.2) is 34.0 Å². The van der Waals surface area contributed by atoms with E-state index in [4.69, 9.17) is 0 Å². The number of nitrogens with zero attached hydrogens (tertiary/aromatic N) is 3. The van der Waals surface area contributed by atoms with Crippen molar-refractivity contribution in [3.05, 3.63) is 29.2 Å². The molecule has 0 bridgehead atoms. The Kier molecular flexibility index (Phi) is 2.70. The van der Waals surface area contributed by atoms with Crippen LogP contribution in [-0.2, 0) is 0 Å². The average molecular weight is 218 g/mol. The van der Waals surface area contributed by atoms with Gasteiger partial charge in [0.2, 0.25) is 0 Å². The molecule has 0 aliphatic heterocycles. The molecule has 0 amide bonds. The third kappa shape index (κ3) is 1.69. The third-order valence-corrected chi connectivity index (χ3v) is 2.42. The minimum atomic E-state index is 0.00926. The largest absolute Gasteiger partial charge is 0.313 e. The molecule has 2 aromatic heterocycles. The molecule has 2 aromatic rings. The molecular weight excluding hydrogens is 204 g/mol. The molecule has 2 heterocycles. The Morgan fingerprint density at radius 1 is 1.50 bits per heavy atom. The molecule has 0 aromatic carbocycles. The van der Waals surface area contributed by atoms with Crippen LogP contribution in [0, 0.1) is 13.8 Å². The lowest BCUT2D eigenvalue weighted by molar-refractivity contribution is 0.0995. The monoisotopic (exact) mass is 218 g/mol. The number of hydrogen-bond acceptors (Lipinski definition) is 4. The smallest absolute Gasteiger partial charge is 0.182 e. The minimum Gasteiger partial charge on any atom is -0.313 e. The van der Waals surface area contributed by atoms with Crippen molar-refractivity contribution >= 4 is 11.4 Å². The van der Waals surface area contributed by atoms with Crippen molar-refractivity contribution in [2.75, 3.05) is 13.6 Å². The summed E-state index contributed by atoms with van der Waals surface area (Å²) < 4.78 is 1.69. The van der Waals surface area contributed by atoms with Gasteiger partial charge in [-0.3, -0.25) is 4.79 Å². The molecule has 84 valence electrons. The van der Waals surface area contributed by atoms with E-state index in [2.05, 4.69) is 15.4 Å². The molecule has 0 atom stereocenters. The van der Waals surface area contributed by atoms with Crippen LogP contribution in [0.3, 0.4) is 0 Å². The molecule has 0 aliphatic rings. The normalized spacial score (nSPS) is 10.9. The first-order chi connectivity index (χ1) is 7.63. The number of carbonyl (C=O) groups excluding carboxylic acids is 1. The Bertz CT molecular complexity index is 544. The van der Waals surface area contributed by atoms with Gasteiger partial charge in [-0.15, -0.1) is 0 Å². The van der Waals surface area contributed by atoms with Gasteiger partial charge in [-0.2, -0.15) is 5.10 Å². The van der Waals surface area contributed by atoms with Gasteiger partial charge in [-0.25, -0.2) is 9.50 Å². The van der Waals surface area contributed by atoms with Gasteiger partial charge in [0.15, 0.2) is 11.4 Å².